The van der Waals surface area contributed by atoms with Crippen LogP contribution in [0.1, 0.15) is 26.2 Å². The number of nitrogens with two attached hydrogens (primary N) is 1. The summed E-state index contributed by atoms with van der Waals surface area (Å²) in [5.41, 5.74) is 6.49. The van der Waals surface area contributed by atoms with Gasteiger partial charge in [0.05, 0.1) is 33.8 Å². The van der Waals surface area contributed by atoms with E-state index in [9.17, 15) is 41.3 Å². The van der Waals surface area contributed by atoms with Crippen molar-refractivity contribution in [3.05, 3.63) is 48.6 Å². The second-order valence-electron chi connectivity index (χ2n) is 9.61. The van der Waals surface area contributed by atoms with E-state index in [1.807, 2.05) is 0 Å². The molecule has 0 heterocycles. The quantitative estimate of drug-likeness (QED) is 0.0247. The van der Waals surface area contributed by atoms with E-state index in [0.29, 0.717) is 29.4 Å². The number of carboxylic acids is 1. The predicted molar refractivity (Wildman–Crippen MR) is 151 cm³/mol. The molecule has 0 saturated heterocycles. The molecule has 0 bridgehead atoms. The summed E-state index contributed by atoms with van der Waals surface area (Å²) in [7, 11) is -9.66. The number of anilines is 1. The van der Waals surface area contributed by atoms with Crippen molar-refractivity contribution >= 4 is 82.1 Å². The van der Waals surface area contributed by atoms with Gasteiger partial charge in [0.1, 0.15) is 10.1 Å². The lowest BCUT2D eigenvalue weighted by Gasteiger charge is -2.22. The second-order valence-corrected chi connectivity index (χ2v) is 13.4. The van der Waals surface area contributed by atoms with Gasteiger partial charge in [-0.3, -0.25) is 9.83 Å². The molecule has 4 aromatic rings. The SMILES string of the molecule is C=C(C)C(=O)NCCCCC(NS(=O)(=O)c1cc(N)c2ccc3c(S(=O)(=O)[O-])cc(SOO[O-])c4ccc1c2c43)C(=O)[O-]. The number of nitrogen functional groups attached to an aromatic ring is 1. The molecule has 17 heteroatoms. The maximum Gasteiger partial charge on any atom is 0.246 e. The molecule has 4 rings (SSSR count). The van der Waals surface area contributed by atoms with Gasteiger partial charge in [0.15, 0.2) is 0 Å². The zero-order valence-electron chi connectivity index (χ0n) is 22.4. The minimum atomic E-state index is -5.07. The number of benzene rings is 4. The number of hydrogen-bond donors (Lipinski definition) is 3. The van der Waals surface area contributed by atoms with Crippen molar-refractivity contribution < 1.29 is 50.7 Å². The molecule has 1 unspecified atom stereocenters. The lowest BCUT2D eigenvalue weighted by molar-refractivity contribution is -0.777. The molecule has 0 aliphatic heterocycles. The summed E-state index contributed by atoms with van der Waals surface area (Å²) in [4.78, 5) is 22.4. The van der Waals surface area contributed by atoms with Crippen molar-refractivity contribution in [1.82, 2.24) is 10.0 Å². The van der Waals surface area contributed by atoms with Crippen LogP contribution < -0.4 is 26.1 Å². The van der Waals surface area contributed by atoms with Gasteiger partial charge in [-0.05, 0) is 49.1 Å². The first-order valence-corrected chi connectivity index (χ1v) is 16.1. The van der Waals surface area contributed by atoms with Crippen molar-refractivity contribution in [3.8, 4) is 0 Å². The molecule has 0 aliphatic rings. The summed E-state index contributed by atoms with van der Waals surface area (Å²) < 4.78 is 70.1. The van der Waals surface area contributed by atoms with Crippen LogP contribution in [-0.4, -0.2) is 45.9 Å². The van der Waals surface area contributed by atoms with E-state index in [4.69, 9.17) is 5.73 Å². The van der Waals surface area contributed by atoms with Gasteiger partial charge in [0.2, 0.25) is 15.9 Å². The molecule has 43 heavy (non-hydrogen) atoms. The molecule has 14 nitrogen and oxygen atoms in total. The highest BCUT2D eigenvalue weighted by Gasteiger charge is 2.27. The predicted octanol–water partition coefficient (Wildman–Crippen LogP) is 0.560. The van der Waals surface area contributed by atoms with E-state index in [1.165, 1.54) is 31.2 Å². The number of sulfonamides is 1. The number of carbonyl (C=O) groups excluding carboxylic acids is 2. The maximum atomic E-state index is 13.6. The maximum absolute atomic E-state index is 13.6. The number of aliphatic carboxylic acids is 1. The Bertz CT molecular complexity index is 1960. The lowest BCUT2D eigenvalue weighted by Crippen LogP contribution is -2.47. The number of carbonyl (C=O) groups is 2. The first kappa shape index (κ1) is 32.4. The molecule has 0 radical (unpaired) electrons. The molecule has 0 saturated carbocycles. The topological polar surface area (TPSA) is 240 Å². The Morgan fingerprint density at radius 2 is 1.60 bits per heavy atom. The Morgan fingerprint density at radius 3 is 2.21 bits per heavy atom. The number of hydrogen-bond acceptors (Lipinski definition) is 13. The van der Waals surface area contributed by atoms with Crippen LogP contribution in [0, 0.1) is 0 Å². The molecule has 0 spiro atoms. The van der Waals surface area contributed by atoms with Crippen LogP contribution in [0.4, 0.5) is 5.69 Å². The van der Waals surface area contributed by atoms with Crippen LogP contribution in [0.5, 0.6) is 0 Å². The van der Waals surface area contributed by atoms with Crippen LogP contribution in [0.3, 0.4) is 0 Å². The normalized spacial score (nSPS) is 13.1. The minimum absolute atomic E-state index is 0.00795. The Hall–Kier alpha value is -3.55. The fourth-order valence-corrected chi connectivity index (χ4v) is 7.53. The zero-order chi connectivity index (χ0) is 31.7. The third-order valence-electron chi connectivity index (χ3n) is 6.70. The van der Waals surface area contributed by atoms with E-state index in [1.54, 1.807) is 0 Å². The summed E-state index contributed by atoms with van der Waals surface area (Å²) >= 11 is 0.343. The fourth-order valence-electron chi connectivity index (χ4n) is 4.77. The van der Waals surface area contributed by atoms with Gasteiger partial charge in [-0.15, -0.1) is 0 Å². The van der Waals surface area contributed by atoms with Crippen LogP contribution in [0.25, 0.3) is 32.3 Å². The Balaban J connectivity index is 1.79. The van der Waals surface area contributed by atoms with Crippen molar-refractivity contribution in [2.45, 2.75) is 46.9 Å². The zero-order valence-corrected chi connectivity index (χ0v) is 24.8. The van der Waals surface area contributed by atoms with E-state index in [2.05, 4.69) is 26.0 Å². The molecule has 1 amide bonds. The standard InChI is InChI=1S/C26H27N3O11S3/c1-13(2)25(30)28-10-4-3-5-19(26(31)32)29-42(34,35)21-11-18(27)14-6-8-17-22(43(36,37)38)12-20(41-40-39-33)15-7-9-16(21)23(14)24(15)17/h6-9,11-12,19,29,33H,1,3-5,10,27H2,2H3,(H,28,30)(H,31,32)(H,36,37,38)/p-3. The third kappa shape index (κ3) is 6.68. The Morgan fingerprint density at radius 1 is 1.00 bits per heavy atom. The average Bonchev–Trinajstić information content (AvgIpc) is 2.93. The summed E-state index contributed by atoms with van der Waals surface area (Å²) in [6.07, 6.45) is 0.418. The van der Waals surface area contributed by atoms with Gasteiger partial charge in [0, 0.05) is 44.2 Å². The Kier molecular flexibility index (Phi) is 9.48. The highest BCUT2D eigenvalue weighted by atomic mass is 32.2. The first-order valence-electron chi connectivity index (χ1n) is 12.5. The second kappa shape index (κ2) is 12.6. The molecular formula is C26H24N3O11S3-3. The molecular weight excluding hydrogens is 626 g/mol. The molecule has 230 valence electrons. The van der Waals surface area contributed by atoms with Gasteiger partial charge >= 0.3 is 0 Å². The van der Waals surface area contributed by atoms with Gasteiger partial charge in [-0.2, -0.15) is 4.33 Å². The van der Waals surface area contributed by atoms with Crippen LogP contribution in [-0.2, 0) is 39.1 Å². The number of carboxylic acid groups (broad SMARTS) is 1. The van der Waals surface area contributed by atoms with E-state index >= 15 is 0 Å². The largest absolute Gasteiger partial charge is 0.744 e. The van der Waals surface area contributed by atoms with Crippen molar-refractivity contribution in [1.29, 1.82) is 0 Å². The monoisotopic (exact) mass is 650 g/mol. The molecule has 0 aromatic heterocycles. The molecule has 0 fully saturated rings. The molecule has 0 aliphatic carbocycles. The van der Waals surface area contributed by atoms with Crippen LogP contribution in [0.15, 0.2) is 63.2 Å². The number of unbranched alkanes of at least 4 members (excludes halogenated alkanes) is 1. The van der Waals surface area contributed by atoms with E-state index < -0.39 is 41.9 Å². The van der Waals surface area contributed by atoms with Gasteiger partial charge in [-0.25, -0.2) is 21.6 Å². The van der Waals surface area contributed by atoms with Gasteiger partial charge in [0.25, 0.3) is 0 Å². The lowest BCUT2D eigenvalue weighted by atomic mass is 9.93. The van der Waals surface area contributed by atoms with E-state index in [-0.39, 0.29) is 62.8 Å². The molecule has 4 N–H and O–H groups in total. The fraction of sp³-hybridized carbons (Fsp3) is 0.231. The number of rotatable bonds is 14. The summed E-state index contributed by atoms with van der Waals surface area (Å²) in [6.45, 7) is 5.26. The van der Waals surface area contributed by atoms with Gasteiger partial charge < -0.3 is 30.8 Å². The minimum Gasteiger partial charge on any atom is -0.744 e. The van der Waals surface area contributed by atoms with Crippen molar-refractivity contribution in [2.75, 3.05) is 12.3 Å². The van der Waals surface area contributed by atoms with Crippen molar-refractivity contribution in [2.24, 2.45) is 0 Å². The summed E-state index contributed by atoms with van der Waals surface area (Å²) in [6, 6.07) is 6.10. The number of amides is 1. The summed E-state index contributed by atoms with van der Waals surface area (Å²) in [5.74, 6) is -2.03. The first-order chi connectivity index (χ1) is 20.2. The van der Waals surface area contributed by atoms with Gasteiger partial charge in [-0.1, -0.05) is 30.8 Å². The molecule has 4 aromatic carbocycles. The molecule has 1 atom stereocenters. The smallest absolute Gasteiger partial charge is 0.246 e. The highest BCUT2D eigenvalue weighted by molar-refractivity contribution is 7.94. The Labute approximate surface area is 250 Å². The third-order valence-corrected chi connectivity index (χ3v) is 9.73. The number of nitrogens with one attached hydrogen (secondary N) is 2. The van der Waals surface area contributed by atoms with E-state index in [0.717, 1.165) is 12.1 Å². The summed E-state index contributed by atoms with van der Waals surface area (Å²) in [5, 5.41) is 29.2. The average molecular weight is 651 g/mol. The van der Waals surface area contributed by atoms with Crippen molar-refractivity contribution in [3.63, 3.8) is 0 Å². The van der Waals surface area contributed by atoms with Crippen LogP contribution in [0.2, 0.25) is 0 Å². The van der Waals surface area contributed by atoms with Crippen LogP contribution >= 0.6 is 12.0 Å². The highest BCUT2D eigenvalue weighted by Crippen LogP contribution is 2.45.